The van der Waals surface area contributed by atoms with Crippen molar-refractivity contribution in [3.05, 3.63) is 71.8 Å². The van der Waals surface area contributed by atoms with Gasteiger partial charge in [-0.15, -0.1) is 0 Å². The van der Waals surface area contributed by atoms with E-state index in [0.717, 1.165) is 21.5 Å². The van der Waals surface area contributed by atoms with E-state index >= 15 is 0 Å². The number of thiazole rings is 1. The van der Waals surface area contributed by atoms with Crippen LogP contribution in [0.15, 0.2) is 54.9 Å². The molecule has 0 fully saturated rings. The molecule has 1 aromatic carbocycles. The second kappa shape index (κ2) is 7.52. The van der Waals surface area contributed by atoms with Gasteiger partial charge in [0.2, 0.25) is 0 Å². The smallest absolute Gasteiger partial charge is 0.278 e. The number of nitrogens with zero attached hydrogens (tertiary/aromatic N) is 5. The third kappa shape index (κ3) is 3.53. The van der Waals surface area contributed by atoms with E-state index < -0.39 is 0 Å². The van der Waals surface area contributed by atoms with Crippen molar-refractivity contribution in [2.24, 2.45) is 0 Å². The van der Waals surface area contributed by atoms with Crippen molar-refractivity contribution in [2.75, 3.05) is 4.90 Å². The predicted octanol–water partition coefficient (Wildman–Crippen LogP) is 4.62. The first-order valence-electron chi connectivity index (χ1n) is 9.15. The van der Waals surface area contributed by atoms with Gasteiger partial charge in [-0.2, -0.15) is 5.10 Å². The Morgan fingerprint density at radius 3 is 2.75 bits per heavy atom. The summed E-state index contributed by atoms with van der Waals surface area (Å²) < 4.78 is 2.83. The fourth-order valence-corrected chi connectivity index (χ4v) is 4.05. The number of para-hydroxylation sites is 1. The maximum absolute atomic E-state index is 13.6. The van der Waals surface area contributed by atoms with Gasteiger partial charge in [-0.05, 0) is 50.6 Å². The van der Waals surface area contributed by atoms with Gasteiger partial charge in [0.15, 0.2) is 5.13 Å². The lowest BCUT2D eigenvalue weighted by molar-refractivity contribution is 0.0973. The standard InChI is InChI=1S/C21H21N5OS/c1-14(2)26-18(11-15(3)24-26)20(27)25(13-16-7-6-10-22-12-16)21-23-17-8-4-5-9-19(17)28-21/h4-12,14H,13H2,1-3H3. The molecule has 0 bridgehead atoms. The zero-order valence-corrected chi connectivity index (χ0v) is 16.8. The van der Waals surface area contributed by atoms with Crippen molar-refractivity contribution >= 4 is 32.6 Å². The summed E-state index contributed by atoms with van der Waals surface area (Å²) in [5, 5.41) is 5.17. The number of amides is 1. The maximum Gasteiger partial charge on any atom is 0.278 e. The first kappa shape index (κ1) is 18.3. The van der Waals surface area contributed by atoms with Crippen molar-refractivity contribution < 1.29 is 4.79 Å². The number of carbonyl (C=O) groups excluding carboxylic acids is 1. The summed E-state index contributed by atoms with van der Waals surface area (Å²) >= 11 is 1.51. The van der Waals surface area contributed by atoms with Crippen molar-refractivity contribution in [3.8, 4) is 0 Å². The molecule has 3 heterocycles. The van der Waals surface area contributed by atoms with E-state index in [1.165, 1.54) is 11.3 Å². The first-order valence-corrected chi connectivity index (χ1v) is 9.97. The van der Waals surface area contributed by atoms with Gasteiger partial charge in [-0.3, -0.25) is 19.4 Å². The Balaban J connectivity index is 1.79. The normalized spacial score (nSPS) is 11.3. The number of hydrogen-bond donors (Lipinski definition) is 0. The molecule has 0 saturated heterocycles. The maximum atomic E-state index is 13.6. The minimum absolute atomic E-state index is 0.0864. The minimum Gasteiger partial charge on any atom is -0.278 e. The molecule has 7 heteroatoms. The van der Waals surface area contributed by atoms with E-state index in [-0.39, 0.29) is 11.9 Å². The molecule has 0 unspecified atom stereocenters. The highest BCUT2D eigenvalue weighted by molar-refractivity contribution is 7.22. The molecule has 0 radical (unpaired) electrons. The molecule has 0 saturated carbocycles. The molecule has 0 N–H and O–H groups in total. The highest BCUT2D eigenvalue weighted by atomic mass is 32.1. The van der Waals surface area contributed by atoms with Crippen LogP contribution < -0.4 is 4.90 Å². The minimum atomic E-state index is -0.114. The van der Waals surface area contributed by atoms with Crippen molar-refractivity contribution in [1.29, 1.82) is 0 Å². The number of pyridine rings is 1. The van der Waals surface area contributed by atoms with E-state index in [9.17, 15) is 4.79 Å². The average Bonchev–Trinajstić information content (AvgIpc) is 3.30. The average molecular weight is 392 g/mol. The third-order valence-corrected chi connectivity index (χ3v) is 5.45. The molecule has 28 heavy (non-hydrogen) atoms. The Morgan fingerprint density at radius 1 is 1.21 bits per heavy atom. The second-order valence-corrected chi connectivity index (χ2v) is 7.94. The number of aromatic nitrogens is 4. The van der Waals surface area contributed by atoms with Gasteiger partial charge in [0, 0.05) is 18.4 Å². The molecule has 3 aromatic heterocycles. The Morgan fingerprint density at radius 2 is 2.04 bits per heavy atom. The van der Waals surface area contributed by atoms with Crippen LogP contribution in [0.4, 0.5) is 5.13 Å². The quantitative estimate of drug-likeness (QED) is 0.498. The third-order valence-electron chi connectivity index (χ3n) is 4.39. The Kier molecular flexibility index (Phi) is 4.92. The molecule has 6 nitrogen and oxygen atoms in total. The zero-order valence-electron chi connectivity index (χ0n) is 16.0. The van der Waals surface area contributed by atoms with E-state index in [1.54, 1.807) is 22.0 Å². The first-order chi connectivity index (χ1) is 13.5. The van der Waals surface area contributed by atoms with Gasteiger partial charge in [-0.25, -0.2) is 4.98 Å². The molecule has 0 aliphatic carbocycles. The number of carbonyl (C=O) groups is 1. The van der Waals surface area contributed by atoms with Crippen molar-refractivity contribution in [3.63, 3.8) is 0 Å². The summed E-state index contributed by atoms with van der Waals surface area (Å²) in [7, 11) is 0. The van der Waals surface area contributed by atoms with Crippen molar-refractivity contribution in [2.45, 2.75) is 33.4 Å². The van der Waals surface area contributed by atoms with Gasteiger partial charge in [0.05, 0.1) is 22.5 Å². The van der Waals surface area contributed by atoms with Crippen LogP contribution in [-0.4, -0.2) is 25.7 Å². The fraction of sp³-hybridized carbons (Fsp3) is 0.238. The van der Waals surface area contributed by atoms with E-state index in [0.29, 0.717) is 17.4 Å². The Labute approximate surface area is 167 Å². The molecule has 142 valence electrons. The van der Waals surface area contributed by atoms with Gasteiger partial charge in [-0.1, -0.05) is 29.5 Å². The van der Waals surface area contributed by atoms with Crippen LogP contribution in [0.5, 0.6) is 0 Å². The Bertz CT molecular complexity index is 1080. The fourth-order valence-electron chi connectivity index (χ4n) is 3.08. The number of rotatable bonds is 5. The number of fused-ring (bicyclic) bond motifs is 1. The van der Waals surface area contributed by atoms with E-state index in [2.05, 4.69) is 10.1 Å². The molecular weight excluding hydrogens is 370 g/mol. The molecule has 0 aliphatic heterocycles. The SMILES string of the molecule is Cc1cc(C(=O)N(Cc2cccnc2)c2nc3ccccc3s2)n(C(C)C)n1. The lowest BCUT2D eigenvalue weighted by Crippen LogP contribution is -2.32. The van der Waals surface area contributed by atoms with Gasteiger partial charge in [0.25, 0.3) is 5.91 Å². The highest BCUT2D eigenvalue weighted by Crippen LogP contribution is 2.31. The van der Waals surface area contributed by atoms with Crippen LogP contribution in [0, 0.1) is 6.92 Å². The molecule has 4 rings (SSSR count). The number of anilines is 1. The van der Waals surface area contributed by atoms with Crippen LogP contribution in [0.3, 0.4) is 0 Å². The highest BCUT2D eigenvalue weighted by Gasteiger charge is 2.26. The van der Waals surface area contributed by atoms with Gasteiger partial charge < -0.3 is 0 Å². The van der Waals surface area contributed by atoms with Crippen LogP contribution in [-0.2, 0) is 6.54 Å². The number of hydrogen-bond acceptors (Lipinski definition) is 5. The second-order valence-electron chi connectivity index (χ2n) is 6.93. The van der Waals surface area contributed by atoms with Crippen LogP contribution >= 0.6 is 11.3 Å². The Hall–Kier alpha value is -3.06. The summed E-state index contributed by atoms with van der Waals surface area (Å²) in [6, 6.07) is 13.7. The van der Waals surface area contributed by atoms with Gasteiger partial charge in [0.1, 0.15) is 5.69 Å². The molecular formula is C21H21N5OS. The number of benzene rings is 1. The molecule has 1 amide bonds. The lowest BCUT2D eigenvalue weighted by atomic mass is 10.2. The van der Waals surface area contributed by atoms with Crippen molar-refractivity contribution in [1.82, 2.24) is 19.7 Å². The van der Waals surface area contributed by atoms with Crippen LogP contribution in [0.25, 0.3) is 10.2 Å². The van der Waals surface area contributed by atoms with E-state index in [1.807, 2.05) is 63.2 Å². The van der Waals surface area contributed by atoms with Gasteiger partial charge >= 0.3 is 0 Å². The summed E-state index contributed by atoms with van der Waals surface area (Å²) in [4.78, 5) is 24.2. The summed E-state index contributed by atoms with van der Waals surface area (Å²) in [5.41, 5.74) is 3.22. The largest absolute Gasteiger partial charge is 0.278 e. The monoisotopic (exact) mass is 391 g/mol. The predicted molar refractivity (Wildman–Crippen MR) is 112 cm³/mol. The number of aryl methyl sites for hydroxylation is 1. The summed E-state index contributed by atoms with van der Waals surface area (Å²) in [6.45, 7) is 6.34. The molecule has 4 aromatic rings. The molecule has 0 spiro atoms. The summed E-state index contributed by atoms with van der Waals surface area (Å²) in [6.07, 6.45) is 3.50. The topological polar surface area (TPSA) is 63.9 Å². The van der Waals surface area contributed by atoms with Crippen LogP contribution in [0.2, 0.25) is 0 Å². The van der Waals surface area contributed by atoms with E-state index in [4.69, 9.17) is 4.98 Å². The zero-order chi connectivity index (χ0) is 19.7. The summed E-state index contributed by atoms with van der Waals surface area (Å²) in [5.74, 6) is -0.114. The van der Waals surface area contributed by atoms with Crippen LogP contribution in [0.1, 0.15) is 41.6 Å². The molecule has 0 atom stereocenters. The lowest BCUT2D eigenvalue weighted by Gasteiger charge is -2.21. The molecule has 0 aliphatic rings.